The number of ether oxygens (including phenoxy) is 3. The van der Waals surface area contributed by atoms with Crippen molar-refractivity contribution in [2.24, 2.45) is 0 Å². The summed E-state index contributed by atoms with van der Waals surface area (Å²) in [6.07, 6.45) is 2.44. The molecular formula is C14H17NO4. The van der Waals surface area contributed by atoms with Gasteiger partial charge in [0.05, 0.1) is 27.4 Å². The predicted molar refractivity (Wildman–Crippen MR) is 71.7 cm³/mol. The van der Waals surface area contributed by atoms with Crippen molar-refractivity contribution in [3.8, 4) is 11.5 Å². The molecule has 0 atom stereocenters. The largest absolute Gasteiger partial charge is 0.493 e. The second-order valence-electron chi connectivity index (χ2n) is 4.08. The molecule has 0 aliphatic carbocycles. The van der Waals surface area contributed by atoms with Crippen LogP contribution >= 0.6 is 0 Å². The highest BCUT2D eigenvalue weighted by Crippen LogP contribution is 2.30. The fraction of sp³-hybridized carbons (Fsp3) is 0.357. The summed E-state index contributed by atoms with van der Waals surface area (Å²) in [4.78, 5) is 12.0. The highest BCUT2D eigenvalue weighted by Gasteiger charge is 2.13. The van der Waals surface area contributed by atoms with Gasteiger partial charge < -0.3 is 19.5 Å². The number of hydrogen-bond acceptors (Lipinski definition) is 4. The third-order valence-electron chi connectivity index (χ3n) is 2.90. The Morgan fingerprint density at radius 3 is 2.68 bits per heavy atom. The van der Waals surface area contributed by atoms with E-state index in [2.05, 4.69) is 5.32 Å². The first kappa shape index (κ1) is 13.4. The van der Waals surface area contributed by atoms with Gasteiger partial charge in [0.15, 0.2) is 11.5 Å². The molecule has 5 nitrogen and oxygen atoms in total. The fourth-order valence-corrected chi connectivity index (χ4v) is 1.86. The molecule has 5 heteroatoms. The summed E-state index contributed by atoms with van der Waals surface area (Å²) in [6.45, 7) is 1.08. The maximum absolute atomic E-state index is 12.0. The van der Waals surface area contributed by atoms with Gasteiger partial charge in [-0.2, -0.15) is 0 Å². The molecule has 1 aromatic rings. The van der Waals surface area contributed by atoms with Gasteiger partial charge in [-0.25, -0.2) is 0 Å². The van der Waals surface area contributed by atoms with Crippen molar-refractivity contribution in [1.82, 2.24) is 0 Å². The maximum atomic E-state index is 12.0. The minimum Gasteiger partial charge on any atom is -0.493 e. The Bertz CT molecular complexity index is 496. The molecule has 0 radical (unpaired) electrons. The van der Waals surface area contributed by atoms with E-state index in [9.17, 15) is 4.79 Å². The van der Waals surface area contributed by atoms with E-state index in [0.29, 0.717) is 36.8 Å². The van der Waals surface area contributed by atoms with Crippen molar-refractivity contribution >= 4 is 11.6 Å². The van der Waals surface area contributed by atoms with Gasteiger partial charge in [0.2, 0.25) is 0 Å². The summed E-state index contributed by atoms with van der Waals surface area (Å²) in [6, 6.07) is 5.27. The van der Waals surface area contributed by atoms with Gasteiger partial charge in [-0.05, 0) is 12.1 Å². The second-order valence-corrected chi connectivity index (χ2v) is 4.08. The molecule has 1 aliphatic heterocycles. The van der Waals surface area contributed by atoms with Gasteiger partial charge in [-0.15, -0.1) is 0 Å². The minimum absolute atomic E-state index is 0.101. The Morgan fingerprint density at radius 2 is 2.05 bits per heavy atom. The average molecular weight is 263 g/mol. The number of methoxy groups -OCH3 is 2. The highest BCUT2D eigenvalue weighted by molar-refractivity contribution is 6.03. The zero-order chi connectivity index (χ0) is 13.7. The van der Waals surface area contributed by atoms with Crippen molar-refractivity contribution < 1.29 is 19.0 Å². The Labute approximate surface area is 112 Å². The third kappa shape index (κ3) is 3.26. The van der Waals surface area contributed by atoms with E-state index in [4.69, 9.17) is 14.2 Å². The third-order valence-corrected chi connectivity index (χ3v) is 2.90. The first-order valence-electron chi connectivity index (χ1n) is 6.04. The average Bonchev–Trinajstić information content (AvgIpc) is 2.48. The smallest absolute Gasteiger partial charge is 0.251 e. The quantitative estimate of drug-likeness (QED) is 0.902. The summed E-state index contributed by atoms with van der Waals surface area (Å²) in [5.41, 5.74) is 1.43. The number of amides is 1. The van der Waals surface area contributed by atoms with E-state index in [-0.39, 0.29) is 5.91 Å². The van der Waals surface area contributed by atoms with Gasteiger partial charge in [0, 0.05) is 23.7 Å². The number of carbonyl (C=O) groups is 1. The molecule has 0 spiro atoms. The van der Waals surface area contributed by atoms with E-state index in [0.717, 1.165) is 5.57 Å². The van der Waals surface area contributed by atoms with Crippen LogP contribution in [0, 0.1) is 0 Å². The SMILES string of the molecule is COc1ccc(NC(=O)C2=CCOCC2)cc1OC. The van der Waals surface area contributed by atoms with Crippen LogP contribution in [0.2, 0.25) is 0 Å². The van der Waals surface area contributed by atoms with Crippen LogP contribution in [-0.4, -0.2) is 33.3 Å². The molecule has 1 aromatic carbocycles. The lowest BCUT2D eigenvalue weighted by Gasteiger charge is -2.14. The van der Waals surface area contributed by atoms with Crippen LogP contribution in [0.1, 0.15) is 6.42 Å². The van der Waals surface area contributed by atoms with Crippen LogP contribution in [-0.2, 0) is 9.53 Å². The normalized spacial score (nSPS) is 14.5. The van der Waals surface area contributed by atoms with E-state index in [1.54, 1.807) is 38.5 Å². The number of carbonyl (C=O) groups excluding carboxylic acids is 1. The molecule has 19 heavy (non-hydrogen) atoms. The Morgan fingerprint density at radius 1 is 1.26 bits per heavy atom. The summed E-state index contributed by atoms with van der Waals surface area (Å²) in [5.74, 6) is 1.11. The van der Waals surface area contributed by atoms with Crippen LogP contribution in [0.5, 0.6) is 11.5 Å². The fourth-order valence-electron chi connectivity index (χ4n) is 1.86. The Balaban J connectivity index is 2.10. The maximum Gasteiger partial charge on any atom is 0.251 e. The lowest BCUT2D eigenvalue weighted by atomic mass is 10.1. The number of hydrogen-bond donors (Lipinski definition) is 1. The van der Waals surface area contributed by atoms with E-state index in [1.807, 2.05) is 0 Å². The van der Waals surface area contributed by atoms with E-state index >= 15 is 0 Å². The molecule has 1 amide bonds. The molecule has 0 bridgehead atoms. The zero-order valence-electron chi connectivity index (χ0n) is 11.1. The molecule has 0 fully saturated rings. The van der Waals surface area contributed by atoms with Crippen LogP contribution in [0.3, 0.4) is 0 Å². The lowest BCUT2D eigenvalue weighted by Crippen LogP contribution is -2.19. The monoisotopic (exact) mass is 263 g/mol. The van der Waals surface area contributed by atoms with Crippen molar-refractivity contribution in [2.75, 3.05) is 32.8 Å². The number of nitrogens with one attached hydrogen (secondary N) is 1. The summed E-state index contributed by atoms with van der Waals surface area (Å²) in [7, 11) is 3.13. The van der Waals surface area contributed by atoms with Crippen molar-refractivity contribution in [2.45, 2.75) is 6.42 Å². The summed E-state index contributed by atoms with van der Waals surface area (Å²) in [5, 5.41) is 2.84. The standard InChI is InChI=1S/C14H17NO4/c1-17-12-4-3-11(9-13(12)18-2)15-14(16)10-5-7-19-8-6-10/h3-5,9H,6-8H2,1-2H3,(H,15,16). The first-order chi connectivity index (χ1) is 9.24. The predicted octanol–water partition coefficient (Wildman–Crippen LogP) is 1.99. The lowest BCUT2D eigenvalue weighted by molar-refractivity contribution is -0.113. The number of benzene rings is 1. The van der Waals surface area contributed by atoms with Gasteiger partial charge in [-0.3, -0.25) is 4.79 Å². The van der Waals surface area contributed by atoms with Gasteiger partial charge in [0.1, 0.15) is 0 Å². The molecule has 0 saturated heterocycles. The van der Waals surface area contributed by atoms with Gasteiger partial charge in [0.25, 0.3) is 5.91 Å². The van der Waals surface area contributed by atoms with Gasteiger partial charge >= 0.3 is 0 Å². The van der Waals surface area contributed by atoms with Crippen molar-refractivity contribution in [1.29, 1.82) is 0 Å². The molecule has 1 heterocycles. The molecule has 0 saturated carbocycles. The molecule has 0 aromatic heterocycles. The summed E-state index contributed by atoms with van der Waals surface area (Å²) >= 11 is 0. The van der Waals surface area contributed by atoms with Crippen LogP contribution in [0.15, 0.2) is 29.8 Å². The number of anilines is 1. The molecule has 2 rings (SSSR count). The Kier molecular flexibility index (Phi) is 4.41. The molecule has 102 valence electrons. The van der Waals surface area contributed by atoms with Crippen molar-refractivity contribution in [3.63, 3.8) is 0 Å². The van der Waals surface area contributed by atoms with Crippen LogP contribution in [0.25, 0.3) is 0 Å². The second kappa shape index (κ2) is 6.24. The van der Waals surface area contributed by atoms with Gasteiger partial charge in [-0.1, -0.05) is 6.08 Å². The molecule has 1 N–H and O–H groups in total. The van der Waals surface area contributed by atoms with E-state index < -0.39 is 0 Å². The Hall–Kier alpha value is -2.01. The topological polar surface area (TPSA) is 56.8 Å². The van der Waals surface area contributed by atoms with Crippen LogP contribution < -0.4 is 14.8 Å². The highest BCUT2D eigenvalue weighted by atomic mass is 16.5. The van der Waals surface area contributed by atoms with Crippen LogP contribution in [0.4, 0.5) is 5.69 Å². The number of rotatable bonds is 4. The summed E-state index contributed by atoms with van der Waals surface area (Å²) < 4.78 is 15.5. The zero-order valence-corrected chi connectivity index (χ0v) is 11.1. The first-order valence-corrected chi connectivity index (χ1v) is 6.04. The minimum atomic E-state index is -0.101. The molecular weight excluding hydrogens is 246 g/mol. The van der Waals surface area contributed by atoms with Crippen molar-refractivity contribution in [3.05, 3.63) is 29.8 Å². The molecule has 0 unspecified atom stereocenters. The van der Waals surface area contributed by atoms with E-state index in [1.165, 1.54) is 0 Å². The molecule has 1 aliphatic rings.